The van der Waals surface area contributed by atoms with Crippen molar-refractivity contribution >= 4 is 29.1 Å². The highest BCUT2D eigenvalue weighted by atomic mass is 16.6. The van der Waals surface area contributed by atoms with Gasteiger partial charge in [0.1, 0.15) is 0 Å². The molecule has 2 heterocycles. The normalized spacial score (nSPS) is 13.9. The van der Waals surface area contributed by atoms with E-state index in [1.807, 2.05) is 30.6 Å². The molecule has 4 rings (SSSR count). The lowest BCUT2D eigenvalue weighted by Crippen LogP contribution is -2.04. The molecule has 1 aliphatic rings. The second-order valence-electron chi connectivity index (χ2n) is 5.99. The van der Waals surface area contributed by atoms with E-state index >= 15 is 0 Å². The van der Waals surface area contributed by atoms with E-state index < -0.39 is 4.92 Å². The minimum absolute atomic E-state index is 0.00667. The van der Waals surface area contributed by atoms with E-state index in [2.05, 4.69) is 11.2 Å². The quantitative estimate of drug-likeness (QED) is 0.334. The van der Waals surface area contributed by atoms with Crippen molar-refractivity contribution in [2.24, 2.45) is 0 Å². The third-order valence-corrected chi connectivity index (χ3v) is 4.41. The summed E-state index contributed by atoms with van der Waals surface area (Å²) >= 11 is 0. The third-order valence-electron chi connectivity index (χ3n) is 4.41. The van der Waals surface area contributed by atoms with Gasteiger partial charge in [-0.1, -0.05) is 12.0 Å². The lowest BCUT2D eigenvalue weighted by atomic mass is 9.92. The lowest BCUT2D eigenvalue weighted by molar-refractivity contribution is -0.384. The Labute approximate surface area is 154 Å². The van der Waals surface area contributed by atoms with Crippen LogP contribution in [0.2, 0.25) is 0 Å². The van der Waals surface area contributed by atoms with E-state index in [1.54, 1.807) is 29.0 Å². The zero-order chi connectivity index (χ0) is 19.0. The summed E-state index contributed by atoms with van der Waals surface area (Å²) in [5.41, 5.74) is 3.84. The number of benzene rings is 2. The number of nitro groups is 1. The molecule has 3 aromatic rings. The molecule has 0 unspecified atom stereocenters. The summed E-state index contributed by atoms with van der Waals surface area (Å²) in [6.45, 7) is 0. The number of amides is 1. The van der Waals surface area contributed by atoms with E-state index in [0.717, 1.165) is 11.1 Å². The number of nitro benzene ring substituents is 1. The Kier molecular flexibility index (Phi) is 3.83. The number of anilines is 1. The van der Waals surface area contributed by atoms with Crippen LogP contribution in [0.5, 0.6) is 0 Å². The fourth-order valence-corrected chi connectivity index (χ4v) is 3.15. The first-order valence-electron chi connectivity index (χ1n) is 8.13. The summed E-state index contributed by atoms with van der Waals surface area (Å²) in [7, 11) is 0. The van der Waals surface area contributed by atoms with E-state index in [1.165, 1.54) is 12.1 Å². The van der Waals surface area contributed by atoms with Gasteiger partial charge in [-0.25, -0.2) is 0 Å². The largest absolute Gasteiger partial charge is 0.330 e. The van der Waals surface area contributed by atoms with Crippen molar-refractivity contribution in [1.82, 2.24) is 4.57 Å². The highest BCUT2D eigenvalue weighted by Gasteiger charge is 2.28. The van der Waals surface area contributed by atoms with Crippen LogP contribution < -0.4 is 5.32 Å². The molecule has 6 nitrogen and oxygen atoms in total. The number of terminal acetylenes is 1. The minimum Gasteiger partial charge on any atom is -0.330 e. The van der Waals surface area contributed by atoms with Gasteiger partial charge >= 0.3 is 0 Å². The third kappa shape index (κ3) is 2.77. The van der Waals surface area contributed by atoms with Gasteiger partial charge in [-0.3, -0.25) is 14.9 Å². The number of nitrogens with zero attached hydrogens (tertiary/aromatic N) is 2. The molecule has 0 saturated carbocycles. The molecule has 0 radical (unpaired) electrons. The SMILES string of the molecule is C#Cc1c(-c2ccc([N+](=O)[O-])cc2)ccc2c1C(=Cn1cccc1)C(=O)N2. The molecule has 130 valence electrons. The van der Waals surface area contributed by atoms with Crippen LogP contribution >= 0.6 is 0 Å². The minimum atomic E-state index is -0.449. The molecule has 1 N–H and O–H groups in total. The molecular formula is C21H13N3O3. The van der Waals surface area contributed by atoms with Crippen LogP contribution in [0.4, 0.5) is 11.4 Å². The van der Waals surface area contributed by atoms with Crippen LogP contribution in [0.1, 0.15) is 11.1 Å². The lowest BCUT2D eigenvalue weighted by Gasteiger charge is -2.10. The Hall–Kier alpha value is -4.11. The van der Waals surface area contributed by atoms with Crippen molar-refractivity contribution in [2.75, 3.05) is 5.32 Å². The van der Waals surface area contributed by atoms with Gasteiger partial charge in [-0.05, 0) is 41.5 Å². The number of rotatable bonds is 3. The zero-order valence-corrected chi connectivity index (χ0v) is 14.0. The molecule has 1 aliphatic heterocycles. The van der Waals surface area contributed by atoms with Crippen molar-refractivity contribution in [3.8, 4) is 23.5 Å². The predicted octanol–water partition coefficient (Wildman–Crippen LogP) is 3.99. The Morgan fingerprint density at radius 3 is 2.44 bits per heavy atom. The monoisotopic (exact) mass is 355 g/mol. The average molecular weight is 355 g/mol. The maximum absolute atomic E-state index is 12.5. The summed E-state index contributed by atoms with van der Waals surface area (Å²) in [5.74, 6) is 2.46. The first-order valence-corrected chi connectivity index (χ1v) is 8.13. The fraction of sp³-hybridized carbons (Fsp3) is 0. The van der Waals surface area contributed by atoms with Gasteiger partial charge < -0.3 is 9.88 Å². The Bertz CT molecular complexity index is 1130. The van der Waals surface area contributed by atoms with E-state index in [0.29, 0.717) is 22.4 Å². The molecule has 2 aromatic carbocycles. The number of carbonyl (C=O) groups excluding carboxylic acids is 1. The number of hydrogen-bond donors (Lipinski definition) is 1. The van der Waals surface area contributed by atoms with Gasteiger partial charge in [0.15, 0.2) is 0 Å². The van der Waals surface area contributed by atoms with Gasteiger partial charge in [0.05, 0.1) is 16.2 Å². The topological polar surface area (TPSA) is 77.2 Å². The van der Waals surface area contributed by atoms with Gasteiger partial charge in [0, 0.05) is 41.9 Å². The highest BCUT2D eigenvalue weighted by molar-refractivity contribution is 6.35. The highest BCUT2D eigenvalue weighted by Crippen LogP contribution is 2.39. The second kappa shape index (κ2) is 6.32. The predicted molar refractivity (Wildman–Crippen MR) is 104 cm³/mol. The summed E-state index contributed by atoms with van der Waals surface area (Å²) in [5, 5.41) is 13.7. The number of non-ortho nitro benzene ring substituents is 1. The van der Waals surface area contributed by atoms with Crippen molar-refractivity contribution < 1.29 is 9.72 Å². The molecule has 1 amide bonds. The molecule has 27 heavy (non-hydrogen) atoms. The van der Waals surface area contributed by atoms with E-state index in [9.17, 15) is 14.9 Å². The zero-order valence-electron chi connectivity index (χ0n) is 14.0. The van der Waals surface area contributed by atoms with E-state index in [4.69, 9.17) is 6.42 Å². The first-order chi connectivity index (χ1) is 13.1. The van der Waals surface area contributed by atoms with Gasteiger partial charge in [0.2, 0.25) is 0 Å². The molecular weight excluding hydrogens is 342 g/mol. The molecule has 0 bridgehead atoms. The van der Waals surface area contributed by atoms with Gasteiger partial charge in [-0.2, -0.15) is 0 Å². The maximum atomic E-state index is 12.5. The summed E-state index contributed by atoms with van der Waals surface area (Å²) < 4.78 is 1.78. The fourth-order valence-electron chi connectivity index (χ4n) is 3.15. The molecule has 0 saturated heterocycles. The Morgan fingerprint density at radius 2 is 1.81 bits per heavy atom. The Balaban J connectivity index is 1.88. The molecule has 0 aliphatic carbocycles. The maximum Gasteiger partial charge on any atom is 0.269 e. The molecule has 6 heteroatoms. The van der Waals surface area contributed by atoms with Crippen molar-refractivity contribution in [2.45, 2.75) is 0 Å². The number of carbonyl (C=O) groups is 1. The van der Waals surface area contributed by atoms with Crippen LogP contribution in [-0.4, -0.2) is 15.4 Å². The van der Waals surface area contributed by atoms with Crippen LogP contribution in [0.15, 0.2) is 60.9 Å². The first kappa shape index (κ1) is 16.4. The van der Waals surface area contributed by atoms with Crippen LogP contribution in [-0.2, 0) is 4.79 Å². The number of nitrogens with one attached hydrogen (secondary N) is 1. The standard InChI is InChI=1S/C21H13N3O3/c1-2-16-17(14-5-7-15(8-6-14)24(26)27)9-10-19-20(16)18(21(25)22-19)13-23-11-3-4-12-23/h1,3-13H,(H,22,25). The summed E-state index contributed by atoms with van der Waals surface area (Å²) in [4.78, 5) is 22.9. The summed E-state index contributed by atoms with van der Waals surface area (Å²) in [6, 6.07) is 13.5. The van der Waals surface area contributed by atoms with E-state index in [-0.39, 0.29) is 11.6 Å². The summed E-state index contributed by atoms with van der Waals surface area (Å²) in [6.07, 6.45) is 11.2. The Morgan fingerprint density at radius 1 is 1.11 bits per heavy atom. The molecule has 0 atom stereocenters. The average Bonchev–Trinajstić information content (AvgIpc) is 3.29. The van der Waals surface area contributed by atoms with Crippen molar-refractivity contribution in [1.29, 1.82) is 0 Å². The number of fused-ring (bicyclic) bond motifs is 1. The number of hydrogen-bond acceptors (Lipinski definition) is 3. The smallest absolute Gasteiger partial charge is 0.269 e. The van der Waals surface area contributed by atoms with Crippen LogP contribution in [0, 0.1) is 22.5 Å². The van der Waals surface area contributed by atoms with Crippen molar-refractivity contribution in [3.05, 3.63) is 82.2 Å². The second-order valence-corrected chi connectivity index (χ2v) is 5.99. The van der Waals surface area contributed by atoms with Gasteiger partial charge in [-0.15, -0.1) is 6.42 Å². The van der Waals surface area contributed by atoms with Crippen LogP contribution in [0.3, 0.4) is 0 Å². The molecule has 0 fully saturated rings. The van der Waals surface area contributed by atoms with Crippen molar-refractivity contribution in [3.63, 3.8) is 0 Å². The molecule has 0 spiro atoms. The molecule has 1 aromatic heterocycles. The van der Waals surface area contributed by atoms with Gasteiger partial charge in [0.25, 0.3) is 11.6 Å². The van der Waals surface area contributed by atoms with Crippen LogP contribution in [0.25, 0.3) is 22.9 Å². The number of aromatic nitrogens is 1.